The third-order valence-corrected chi connectivity index (χ3v) is 5.94. The Balaban J connectivity index is 3.57. The number of anilines is 1. The highest BCUT2D eigenvalue weighted by atomic mass is 32.2. The molecular weight excluding hydrogens is 356 g/mol. The molecule has 0 atom stereocenters. The number of carbonyl (C=O) groups excluding carboxylic acids is 1. The van der Waals surface area contributed by atoms with Gasteiger partial charge in [0.2, 0.25) is 5.91 Å². The van der Waals surface area contributed by atoms with Gasteiger partial charge >= 0.3 is 0 Å². The zero-order valence-electron chi connectivity index (χ0n) is 16.1. The van der Waals surface area contributed by atoms with Crippen LogP contribution in [0, 0.1) is 0 Å². The first-order valence-corrected chi connectivity index (χ1v) is 9.33. The Morgan fingerprint density at radius 3 is 2.31 bits per heavy atom. The van der Waals surface area contributed by atoms with Crippen molar-refractivity contribution in [2.24, 2.45) is 0 Å². The van der Waals surface area contributed by atoms with E-state index in [1.54, 1.807) is 33.0 Å². The monoisotopic (exact) mass is 382 g/mol. The molecule has 0 unspecified atom stereocenters. The van der Waals surface area contributed by atoms with Crippen molar-refractivity contribution in [3.63, 3.8) is 0 Å². The summed E-state index contributed by atoms with van der Waals surface area (Å²) in [6.45, 7) is 8.07. The molecule has 0 fully saturated rings. The average Bonchev–Trinajstić information content (AvgIpc) is 2.63. The molecule has 0 saturated heterocycles. The quantitative estimate of drug-likeness (QED) is 0.691. The van der Waals surface area contributed by atoms with Gasteiger partial charge in [-0.2, -0.15) is 0 Å². The first kappa shape index (κ1) is 21.6. The van der Waals surface area contributed by atoms with Crippen LogP contribution < -0.4 is 13.8 Å². The first-order valence-electron chi connectivity index (χ1n) is 7.89. The fourth-order valence-electron chi connectivity index (χ4n) is 2.06. The second kappa shape index (κ2) is 8.75. The molecular formula is C18H26N2O5S. The summed E-state index contributed by atoms with van der Waals surface area (Å²) >= 11 is 0. The number of rotatable bonds is 8. The summed E-state index contributed by atoms with van der Waals surface area (Å²) in [7, 11) is 0.513. The minimum Gasteiger partial charge on any atom is -0.497 e. The van der Waals surface area contributed by atoms with Gasteiger partial charge in [-0.25, -0.2) is 8.42 Å². The number of allylic oxidation sites excluding steroid dienone is 3. The molecule has 0 spiro atoms. The van der Waals surface area contributed by atoms with Gasteiger partial charge in [0.1, 0.15) is 18.0 Å². The maximum atomic E-state index is 13.0. The van der Waals surface area contributed by atoms with Gasteiger partial charge < -0.3 is 14.4 Å². The maximum absolute atomic E-state index is 13.0. The van der Waals surface area contributed by atoms with E-state index in [-0.39, 0.29) is 10.6 Å². The average molecular weight is 382 g/mol. The number of methoxy groups -OCH3 is 2. The van der Waals surface area contributed by atoms with Crippen LogP contribution in [0.5, 0.6) is 11.5 Å². The number of sulfonamides is 1. The second-order valence-corrected chi connectivity index (χ2v) is 7.67. The summed E-state index contributed by atoms with van der Waals surface area (Å²) in [4.78, 5) is 14.0. The molecule has 144 valence electrons. The molecule has 0 bridgehead atoms. The van der Waals surface area contributed by atoms with Gasteiger partial charge in [0.15, 0.2) is 0 Å². The van der Waals surface area contributed by atoms with Crippen molar-refractivity contribution in [1.29, 1.82) is 0 Å². The van der Waals surface area contributed by atoms with E-state index in [4.69, 9.17) is 9.47 Å². The van der Waals surface area contributed by atoms with E-state index in [1.165, 1.54) is 38.2 Å². The number of nitrogens with zero attached hydrogens (tertiary/aromatic N) is 2. The van der Waals surface area contributed by atoms with E-state index < -0.39 is 22.5 Å². The summed E-state index contributed by atoms with van der Waals surface area (Å²) in [5.74, 6) is 0.332. The van der Waals surface area contributed by atoms with Crippen molar-refractivity contribution in [1.82, 2.24) is 4.90 Å². The normalized spacial score (nSPS) is 11.7. The van der Waals surface area contributed by atoms with Gasteiger partial charge in [0, 0.05) is 18.8 Å². The largest absolute Gasteiger partial charge is 0.497 e. The number of amides is 1. The minimum absolute atomic E-state index is 0.119. The maximum Gasteiger partial charge on any atom is 0.260 e. The summed E-state index contributed by atoms with van der Waals surface area (Å²) in [5.41, 5.74) is 0.726. The fourth-order valence-corrected chi connectivity index (χ4v) is 3.38. The molecule has 26 heavy (non-hydrogen) atoms. The fraction of sp³-hybridized carbons (Fsp3) is 0.389. The third kappa shape index (κ3) is 4.57. The minimum atomic E-state index is -3.93. The summed E-state index contributed by atoms with van der Waals surface area (Å²) < 4.78 is 37.6. The lowest BCUT2D eigenvalue weighted by molar-refractivity contribution is -0.126. The highest BCUT2D eigenvalue weighted by molar-refractivity contribution is 7.96. The van der Waals surface area contributed by atoms with Crippen LogP contribution in [0.3, 0.4) is 0 Å². The lowest BCUT2D eigenvalue weighted by atomic mass is 10.2. The molecule has 0 radical (unpaired) electrons. The van der Waals surface area contributed by atoms with Gasteiger partial charge in [-0.1, -0.05) is 12.7 Å². The van der Waals surface area contributed by atoms with E-state index in [1.807, 2.05) is 0 Å². The zero-order valence-corrected chi connectivity index (χ0v) is 16.9. The van der Waals surface area contributed by atoms with Crippen LogP contribution in [0.1, 0.15) is 20.8 Å². The Morgan fingerprint density at radius 2 is 1.85 bits per heavy atom. The highest BCUT2D eigenvalue weighted by Crippen LogP contribution is 2.35. The molecule has 0 aliphatic carbocycles. The predicted molar refractivity (Wildman–Crippen MR) is 103 cm³/mol. The van der Waals surface area contributed by atoms with Crippen LogP contribution in [0.15, 0.2) is 41.5 Å². The van der Waals surface area contributed by atoms with Crippen molar-refractivity contribution in [3.8, 4) is 11.5 Å². The number of hydrogen-bond donors (Lipinski definition) is 0. The van der Waals surface area contributed by atoms with Crippen LogP contribution in [0.25, 0.3) is 0 Å². The van der Waals surface area contributed by atoms with Gasteiger partial charge in [0.25, 0.3) is 10.0 Å². The molecule has 1 amide bonds. The van der Waals surface area contributed by atoms with E-state index in [2.05, 4.69) is 6.58 Å². The van der Waals surface area contributed by atoms with E-state index >= 15 is 0 Å². The van der Waals surface area contributed by atoms with Crippen molar-refractivity contribution in [2.45, 2.75) is 20.8 Å². The Hall–Kier alpha value is -2.48. The molecule has 0 aliphatic rings. The number of benzene rings is 1. The third-order valence-electron chi connectivity index (χ3n) is 3.98. The van der Waals surface area contributed by atoms with Crippen molar-refractivity contribution in [2.75, 3.05) is 32.1 Å². The predicted octanol–water partition coefficient (Wildman–Crippen LogP) is 2.76. The van der Waals surface area contributed by atoms with Gasteiger partial charge in [0.05, 0.1) is 24.8 Å². The molecule has 1 rings (SSSR count). The van der Waals surface area contributed by atoms with Gasteiger partial charge in [-0.05, 0) is 32.9 Å². The number of hydrogen-bond acceptors (Lipinski definition) is 5. The number of carbonyl (C=O) groups is 1. The molecule has 0 saturated carbocycles. The van der Waals surface area contributed by atoms with Crippen molar-refractivity contribution < 1.29 is 22.7 Å². The number of ether oxygens (including phenoxy) is 2. The van der Waals surface area contributed by atoms with Crippen molar-refractivity contribution >= 4 is 21.6 Å². The molecule has 0 N–H and O–H groups in total. The van der Waals surface area contributed by atoms with Gasteiger partial charge in [-0.3, -0.25) is 9.10 Å². The molecule has 1 aromatic carbocycles. The van der Waals surface area contributed by atoms with Crippen LogP contribution in [0.4, 0.5) is 5.69 Å². The summed E-state index contributed by atoms with van der Waals surface area (Å²) in [5, 5.41) is 0. The molecule has 0 aromatic heterocycles. The lowest BCUT2D eigenvalue weighted by Crippen LogP contribution is -2.41. The highest BCUT2D eigenvalue weighted by Gasteiger charge is 2.30. The number of likely N-dealkylation sites (N-methyl/N-ethyl adjacent to an activating group) is 1. The van der Waals surface area contributed by atoms with E-state index in [0.29, 0.717) is 17.2 Å². The first-order chi connectivity index (χ1) is 12.1. The van der Waals surface area contributed by atoms with Gasteiger partial charge in [-0.15, -0.1) is 0 Å². The Morgan fingerprint density at radius 1 is 1.23 bits per heavy atom. The van der Waals surface area contributed by atoms with Crippen LogP contribution in [0.2, 0.25) is 0 Å². The molecule has 8 heteroatoms. The molecule has 1 aromatic rings. The second-order valence-electron chi connectivity index (χ2n) is 5.64. The lowest BCUT2D eigenvalue weighted by Gasteiger charge is -2.28. The smallest absolute Gasteiger partial charge is 0.260 e. The Kier molecular flexibility index (Phi) is 7.26. The van der Waals surface area contributed by atoms with Crippen molar-refractivity contribution in [3.05, 3.63) is 41.5 Å². The van der Waals surface area contributed by atoms with Crippen LogP contribution in [-0.4, -0.2) is 47.0 Å². The van der Waals surface area contributed by atoms with E-state index in [0.717, 1.165) is 4.31 Å². The summed E-state index contributed by atoms with van der Waals surface area (Å²) in [6, 6.07) is 4.76. The zero-order chi connectivity index (χ0) is 20.1. The Labute approximate surface area is 155 Å². The van der Waals surface area contributed by atoms with E-state index in [9.17, 15) is 13.2 Å². The molecule has 7 nitrogen and oxygen atoms in total. The summed E-state index contributed by atoms with van der Waals surface area (Å²) in [6.07, 6.45) is 1.47. The topological polar surface area (TPSA) is 76.2 Å². The van der Waals surface area contributed by atoms with Crippen LogP contribution in [-0.2, 0) is 14.8 Å². The van der Waals surface area contributed by atoms with Crippen LogP contribution >= 0.6 is 0 Å². The molecule has 0 heterocycles. The standard InChI is InChI=1S/C18H26N2O5S/c1-8-14(4)26(22,23)20(12-18(21)19(5)13(2)3)16-11-15(24-6)9-10-17(16)25-7/h8-11H,2,12H2,1,3-7H3/b14-8+. The molecule has 0 aliphatic heterocycles. The Bertz CT molecular complexity index is 815. The SMILES string of the molecule is C=C(C)N(C)C(=O)CN(c1cc(OC)ccc1OC)S(=O)(=O)/C(C)=C/C.